The molecule has 4 rings (SSSR count). The summed E-state index contributed by atoms with van der Waals surface area (Å²) < 4.78 is 26.2. The number of nitrogens with one attached hydrogen (secondary N) is 3. The van der Waals surface area contributed by atoms with E-state index in [0.29, 0.717) is 5.82 Å². The van der Waals surface area contributed by atoms with Crippen LogP contribution in [0.4, 0.5) is 20.3 Å². The molecule has 0 radical (unpaired) electrons. The first kappa shape index (κ1) is 18.6. The van der Waals surface area contributed by atoms with Crippen molar-refractivity contribution in [2.45, 2.75) is 6.42 Å². The van der Waals surface area contributed by atoms with Gasteiger partial charge in [0.05, 0.1) is 11.9 Å². The fourth-order valence-electron chi connectivity index (χ4n) is 3.08. The van der Waals surface area contributed by atoms with Gasteiger partial charge in [0.2, 0.25) is 0 Å². The van der Waals surface area contributed by atoms with Crippen LogP contribution in [0.2, 0.25) is 0 Å². The number of nitrogens with zero attached hydrogens (tertiary/aromatic N) is 1. The number of carbonyl (C=O) groups is 1. The van der Waals surface area contributed by atoms with E-state index in [4.69, 9.17) is 0 Å². The van der Waals surface area contributed by atoms with E-state index in [-0.39, 0.29) is 5.56 Å². The summed E-state index contributed by atoms with van der Waals surface area (Å²) in [6.07, 6.45) is 4.47. The van der Waals surface area contributed by atoms with Crippen LogP contribution < -0.4 is 10.6 Å². The van der Waals surface area contributed by atoms with Crippen LogP contribution in [0.15, 0.2) is 67.0 Å². The molecule has 2 heterocycles. The number of benzene rings is 2. The summed E-state index contributed by atoms with van der Waals surface area (Å²) in [5.41, 5.74) is 3.18. The minimum atomic E-state index is -1.07. The highest BCUT2D eigenvalue weighted by molar-refractivity contribution is 6.03. The van der Waals surface area contributed by atoms with Gasteiger partial charge < -0.3 is 15.6 Å². The van der Waals surface area contributed by atoms with E-state index in [0.717, 1.165) is 36.3 Å². The van der Waals surface area contributed by atoms with Crippen molar-refractivity contribution in [2.75, 3.05) is 17.2 Å². The van der Waals surface area contributed by atoms with Crippen LogP contribution in [0.1, 0.15) is 15.9 Å². The molecule has 0 saturated carbocycles. The van der Waals surface area contributed by atoms with E-state index in [1.165, 1.54) is 17.0 Å². The number of amides is 1. The third-order valence-electron chi connectivity index (χ3n) is 4.59. The van der Waals surface area contributed by atoms with E-state index in [9.17, 15) is 13.6 Å². The Labute approximate surface area is 165 Å². The third kappa shape index (κ3) is 4.24. The number of hydrogen-bond acceptors (Lipinski definition) is 3. The average Bonchev–Trinajstić information content (AvgIpc) is 3.14. The van der Waals surface area contributed by atoms with Crippen LogP contribution >= 0.6 is 0 Å². The third-order valence-corrected chi connectivity index (χ3v) is 4.59. The molecule has 2 aromatic carbocycles. The molecule has 0 spiro atoms. The van der Waals surface area contributed by atoms with Crippen molar-refractivity contribution in [3.8, 4) is 0 Å². The van der Waals surface area contributed by atoms with Crippen LogP contribution in [0.5, 0.6) is 0 Å². The highest BCUT2D eigenvalue weighted by atomic mass is 19.2. The van der Waals surface area contributed by atoms with E-state index < -0.39 is 17.5 Å². The maximum Gasteiger partial charge on any atom is 0.256 e. The topological polar surface area (TPSA) is 69.8 Å². The Morgan fingerprint density at radius 1 is 1.03 bits per heavy atom. The summed E-state index contributed by atoms with van der Waals surface area (Å²) in [7, 11) is 0. The number of H-pyrrole nitrogens is 1. The molecule has 1 amide bonds. The second kappa shape index (κ2) is 8.10. The summed E-state index contributed by atoms with van der Waals surface area (Å²) >= 11 is 0. The molecule has 0 atom stereocenters. The van der Waals surface area contributed by atoms with E-state index in [1.807, 2.05) is 24.4 Å². The number of anilines is 2. The lowest BCUT2D eigenvalue weighted by atomic mass is 10.1. The minimum absolute atomic E-state index is 0.0200. The maximum atomic E-state index is 13.3. The van der Waals surface area contributed by atoms with Gasteiger partial charge in [-0.1, -0.05) is 18.2 Å². The lowest BCUT2D eigenvalue weighted by Crippen LogP contribution is -2.13. The fraction of sp³-hybridized carbons (Fsp3) is 0.0909. The molecular formula is C22H18F2N4O. The maximum absolute atomic E-state index is 13.3. The Bertz CT molecular complexity index is 1160. The highest BCUT2D eigenvalue weighted by Gasteiger charge is 2.10. The quantitative estimate of drug-likeness (QED) is 0.444. The summed E-state index contributed by atoms with van der Waals surface area (Å²) in [6.45, 7) is 0.726. The average molecular weight is 392 g/mol. The molecule has 0 aliphatic rings. The molecule has 0 bridgehead atoms. The van der Waals surface area contributed by atoms with Crippen LogP contribution in [0.25, 0.3) is 10.9 Å². The highest BCUT2D eigenvalue weighted by Crippen LogP contribution is 2.18. The molecule has 0 aliphatic carbocycles. The lowest BCUT2D eigenvalue weighted by Gasteiger charge is -2.08. The van der Waals surface area contributed by atoms with E-state index >= 15 is 0 Å². The summed E-state index contributed by atoms with van der Waals surface area (Å²) in [5, 5.41) is 7.06. The Balaban J connectivity index is 1.33. The van der Waals surface area contributed by atoms with Gasteiger partial charge in [-0.25, -0.2) is 13.8 Å². The smallest absolute Gasteiger partial charge is 0.256 e. The standard InChI is InChI=1S/C22H18F2N4O/c23-18-7-5-14(11-19(18)24)22(29)28-21-8-6-16(13-27-21)25-10-9-15-12-26-20-4-2-1-3-17(15)20/h1-8,11-13,25-26H,9-10H2,(H,27,28,29). The molecular weight excluding hydrogens is 374 g/mol. The second-order valence-electron chi connectivity index (χ2n) is 6.55. The minimum Gasteiger partial charge on any atom is -0.383 e. The number of fused-ring (bicyclic) bond motifs is 1. The Morgan fingerprint density at radius 3 is 2.69 bits per heavy atom. The molecule has 2 aromatic heterocycles. The number of aromatic nitrogens is 2. The largest absolute Gasteiger partial charge is 0.383 e. The van der Waals surface area contributed by atoms with Crippen LogP contribution in [0.3, 0.4) is 0 Å². The van der Waals surface area contributed by atoms with Crippen molar-refractivity contribution >= 4 is 28.3 Å². The van der Waals surface area contributed by atoms with E-state index in [1.54, 1.807) is 18.3 Å². The van der Waals surface area contributed by atoms with Crippen molar-refractivity contribution in [1.82, 2.24) is 9.97 Å². The number of hydrogen-bond donors (Lipinski definition) is 3. The molecule has 4 aromatic rings. The number of para-hydroxylation sites is 1. The van der Waals surface area contributed by atoms with Gasteiger partial charge in [-0.05, 0) is 48.4 Å². The van der Waals surface area contributed by atoms with Gasteiger partial charge in [-0.3, -0.25) is 4.79 Å². The molecule has 5 nitrogen and oxygen atoms in total. The van der Waals surface area contributed by atoms with Gasteiger partial charge in [-0.2, -0.15) is 0 Å². The van der Waals surface area contributed by atoms with Gasteiger partial charge in [-0.15, -0.1) is 0 Å². The zero-order valence-corrected chi connectivity index (χ0v) is 15.4. The summed E-state index contributed by atoms with van der Waals surface area (Å²) in [6, 6.07) is 14.6. The van der Waals surface area contributed by atoms with Crippen molar-refractivity contribution in [1.29, 1.82) is 0 Å². The van der Waals surface area contributed by atoms with Gasteiger partial charge in [0, 0.05) is 29.2 Å². The molecule has 3 N–H and O–H groups in total. The van der Waals surface area contributed by atoms with Gasteiger partial charge >= 0.3 is 0 Å². The first-order valence-electron chi connectivity index (χ1n) is 9.11. The number of rotatable bonds is 6. The molecule has 0 fully saturated rings. The number of carbonyl (C=O) groups excluding carboxylic acids is 1. The molecule has 0 saturated heterocycles. The normalized spacial score (nSPS) is 10.8. The van der Waals surface area contributed by atoms with Crippen molar-refractivity contribution in [3.63, 3.8) is 0 Å². The van der Waals surface area contributed by atoms with Crippen LogP contribution in [-0.4, -0.2) is 22.4 Å². The molecule has 29 heavy (non-hydrogen) atoms. The molecule has 0 unspecified atom stereocenters. The Hall–Kier alpha value is -3.74. The lowest BCUT2D eigenvalue weighted by molar-refractivity contribution is 0.102. The zero-order chi connectivity index (χ0) is 20.2. The number of halogens is 2. The Morgan fingerprint density at radius 2 is 1.90 bits per heavy atom. The predicted molar refractivity (Wildman–Crippen MR) is 109 cm³/mol. The number of pyridine rings is 1. The van der Waals surface area contributed by atoms with Crippen molar-refractivity contribution < 1.29 is 13.6 Å². The van der Waals surface area contributed by atoms with Gasteiger partial charge in [0.1, 0.15) is 5.82 Å². The number of aromatic amines is 1. The fourth-order valence-corrected chi connectivity index (χ4v) is 3.08. The Kier molecular flexibility index (Phi) is 5.20. The van der Waals surface area contributed by atoms with Crippen molar-refractivity contribution in [2.24, 2.45) is 0 Å². The molecule has 0 aliphatic heterocycles. The predicted octanol–water partition coefficient (Wildman–Crippen LogP) is 4.75. The first-order chi connectivity index (χ1) is 14.1. The summed E-state index contributed by atoms with van der Waals surface area (Å²) in [5.74, 6) is -2.30. The van der Waals surface area contributed by atoms with Gasteiger partial charge in [0.15, 0.2) is 11.6 Å². The second-order valence-corrected chi connectivity index (χ2v) is 6.55. The molecule has 146 valence electrons. The van der Waals surface area contributed by atoms with Crippen molar-refractivity contribution in [3.05, 3.63) is 89.8 Å². The monoisotopic (exact) mass is 392 g/mol. The zero-order valence-electron chi connectivity index (χ0n) is 15.4. The summed E-state index contributed by atoms with van der Waals surface area (Å²) in [4.78, 5) is 19.6. The molecule has 7 heteroatoms. The van der Waals surface area contributed by atoms with Crippen LogP contribution in [0, 0.1) is 11.6 Å². The first-order valence-corrected chi connectivity index (χ1v) is 9.11. The SMILES string of the molecule is O=C(Nc1ccc(NCCc2c[nH]c3ccccc23)cn1)c1ccc(F)c(F)c1. The van der Waals surface area contributed by atoms with Crippen LogP contribution in [-0.2, 0) is 6.42 Å². The van der Waals surface area contributed by atoms with E-state index in [2.05, 4.69) is 26.7 Å². The van der Waals surface area contributed by atoms with Gasteiger partial charge in [0.25, 0.3) is 5.91 Å².